The molecule has 0 heterocycles. The Labute approximate surface area is 195 Å². The lowest BCUT2D eigenvalue weighted by Crippen LogP contribution is -2.43. The molecule has 2 N–H and O–H groups in total. The summed E-state index contributed by atoms with van der Waals surface area (Å²) in [6.07, 6.45) is 1.51. The smallest absolute Gasteiger partial charge is 0.262 e. The van der Waals surface area contributed by atoms with Gasteiger partial charge < -0.3 is 19.5 Å². The van der Waals surface area contributed by atoms with Gasteiger partial charge in [0, 0.05) is 5.56 Å². The molecule has 1 atom stereocenters. The van der Waals surface area contributed by atoms with Crippen LogP contribution in [0.1, 0.15) is 36.7 Å². The van der Waals surface area contributed by atoms with Crippen molar-refractivity contribution in [3.05, 3.63) is 51.1 Å². The first-order valence-electron chi connectivity index (χ1n) is 9.76. The number of hydrogen-bond donors (Lipinski definition) is 2. The molecule has 9 heteroatoms. The van der Waals surface area contributed by atoms with Gasteiger partial charge in [-0.1, -0.05) is 0 Å². The second-order valence-electron chi connectivity index (χ2n) is 6.35. The molecule has 0 fully saturated rings. The van der Waals surface area contributed by atoms with Crippen molar-refractivity contribution in [3.63, 3.8) is 0 Å². The zero-order valence-corrected chi connectivity index (χ0v) is 20.1. The molecular weight excluding hydrogens is 513 g/mol. The van der Waals surface area contributed by atoms with Crippen LogP contribution in [0.4, 0.5) is 0 Å². The predicted molar refractivity (Wildman–Crippen MR) is 127 cm³/mol. The summed E-state index contributed by atoms with van der Waals surface area (Å²) in [4.78, 5) is 24.5. The van der Waals surface area contributed by atoms with Crippen LogP contribution in [0.25, 0.3) is 0 Å². The first-order valence-corrected chi connectivity index (χ1v) is 10.8. The molecule has 0 aliphatic heterocycles. The average molecular weight is 539 g/mol. The minimum absolute atomic E-state index is 0.364. The zero-order valence-electron chi connectivity index (χ0n) is 17.9. The molecule has 31 heavy (non-hydrogen) atoms. The van der Waals surface area contributed by atoms with E-state index in [4.69, 9.17) is 14.2 Å². The van der Waals surface area contributed by atoms with Gasteiger partial charge in [-0.25, -0.2) is 5.43 Å². The lowest BCUT2D eigenvalue weighted by atomic mass is 10.2. The van der Waals surface area contributed by atoms with Gasteiger partial charge in [0.25, 0.3) is 11.8 Å². The first kappa shape index (κ1) is 24.4. The minimum Gasteiger partial charge on any atom is -0.497 e. The highest BCUT2D eigenvalue weighted by Gasteiger charge is 2.16. The molecule has 0 aliphatic carbocycles. The highest BCUT2D eigenvalue weighted by atomic mass is 127. The monoisotopic (exact) mass is 539 g/mol. The number of nitrogens with one attached hydrogen (secondary N) is 2. The van der Waals surface area contributed by atoms with Gasteiger partial charge in [-0.2, -0.15) is 5.10 Å². The van der Waals surface area contributed by atoms with Crippen LogP contribution < -0.4 is 25.0 Å². The van der Waals surface area contributed by atoms with Crippen molar-refractivity contribution in [1.29, 1.82) is 0 Å². The molecule has 166 valence electrons. The van der Waals surface area contributed by atoms with Gasteiger partial charge in [0.05, 0.1) is 30.1 Å². The van der Waals surface area contributed by atoms with E-state index in [9.17, 15) is 9.59 Å². The molecule has 2 rings (SSSR count). The standard InChI is InChI=1S/C22H26IN3O5/c1-5-30-19-12-15(11-18(23)20(19)31-6-2)13-24-26-21(27)14(3)25-22(28)16-7-9-17(29-4)10-8-16/h7-14H,5-6H2,1-4H3,(H,25,28)(H,26,27). The number of amides is 2. The molecule has 0 saturated carbocycles. The molecule has 0 bridgehead atoms. The maximum absolute atomic E-state index is 12.3. The van der Waals surface area contributed by atoms with E-state index in [0.29, 0.717) is 36.0 Å². The summed E-state index contributed by atoms with van der Waals surface area (Å²) in [7, 11) is 1.55. The topological polar surface area (TPSA) is 98.2 Å². The van der Waals surface area contributed by atoms with Crippen molar-refractivity contribution in [3.8, 4) is 17.2 Å². The number of rotatable bonds is 10. The normalized spacial score (nSPS) is 11.6. The maximum atomic E-state index is 12.3. The zero-order chi connectivity index (χ0) is 22.8. The predicted octanol–water partition coefficient (Wildman–Crippen LogP) is 3.37. The molecule has 2 aromatic carbocycles. The van der Waals surface area contributed by atoms with Gasteiger partial charge in [-0.05, 0) is 85.3 Å². The third kappa shape index (κ3) is 7.12. The lowest BCUT2D eigenvalue weighted by Gasteiger charge is -2.14. The maximum Gasteiger partial charge on any atom is 0.262 e. The highest BCUT2D eigenvalue weighted by molar-refractivity contribution is 14.1. The fraction of sp³-hybridized carbons (Fsp3) is 0.318. The number of nitrogens with zero attached hydrogens (tertiary/aromatic N) is 1. The van der Waals surface area contributed by atoms with Crippen molar-refractivity contribution < 1.29 is 23.8 Å². The van der Waals surface area contributed by atoms with Crippen LogP contribution in [-0.4, -0.2) is 44.4 Å². The number of hydrogen-bond acceptors (Lipinski definition) is 6. The van der Waals surface area contributed by atoms with Crippen molar-refractivity contribution in [2.75, 3.05) is 20.3 Å². The van der Waals surface area contributed by atoms with Gasteiger partial charge in [0.1, 0.15) is 11.8 Å². The molecule has 0 saturated heterocycles. The number of methoxy groups -OCH3 is 1. The summed E-state index contributed by atoms with van der Waals surface area (Å²) < 4.78 is 17.2. The number of hydrazone groups is 1. The van der Waals surface area contributed by atoms with E-state index in [1.54, 1.807) is 44.4 Å². The Morgan fingerprint density at radius 2 is 1.81 bits per heavy atom. The highest BCUT2D eigenvalue weighted by Crippen LogP contribution is 2.33. The van der Waals surface area contributed by atoms with Crippen LogP contribution in [0.15, 0.2) is 41.5 Å². The van der Waals surface area contributed by atoms with Gasteiger partial charge in [0.15, 0.2) is 11.5 Å². The second kappa shape index (κ2) is 12.1. The van der Waals surface area contributed by atoms with E-state index in [-0.39, 0.29) is 5.91 Å². The summed E-state index contributed by atoms with van der Waals surface area (Å²) in [5.74, 6) is 1.14. The van der Waals surface area contributed by atoms with Crippen LogP contribution >= 0.6 is 22.6 Å². The van der Waals surface area contributed by atoms with E-state index in [0.717, 1.165) is 9.13 Å². The van der Waals surface area contributed by atoms with Gasteiger partial charge in [-0.15, -0.1) is 0 Å². The van der Waals surface area contributed by atoms with E-state index in [1.165, 1.54) is 6.21 Å². The minimum atomic E-state index is -0.772. The molecular formula is C22H26IN3O5. The molecule has 8 nitrogen and oxygen atoms in total. The Bertz CT molecular complexity index is 931. The Hall–Kier alpha value is -2.82. The van der Waals surface area contributed by atoms with Crippen LogP contribution in [0, 0.1) is 3.57 Å². The summed E-state index contributed by atoms with van der Waals surface area (Å²) >= 11 is 2.16. The molecule has 0 spiro atoms. The molecule has 2 aromatic rings. The number of halogens is 1. The first-order chi connectivity index (χ1) is 14.9. The summed E-state index contributed by atoms with van der Waals surface area (Å²) in [6.45, 7) is 6.41. The number of carbonyl (C=O) groups excluding carboxylic acids is 2. The molecule has 0 aliphatic rings. The van der Waals surface area contributed by atoms with Crippen LogP contribution in [0.5, 0.6) is 17.2 Å². The molecule has 2 amide bonds. The lowest BCUT2D eigenvalue weighted by molar-refractivity contribution is -0.122. The van der Waals surface area contributed by atoms with Gasteiger partial charge in [0.2, 0.25) is 0 Å². The summed E-state index contributed by atoms with van der Waals surface area (Å²) in [5, 5.41) is 6.63. The van der Waals surface area contributed by atoms with Crippen LogP contribution in [0.3, 0.4) is 0 Å². The third-order valence-corrected chi connectivity index (χ3v) is 4.90. The quantitative estimate of drug-likeness (QED) is 0.274. The molecule has 1 unspecified atom stereocenters. The SMILES string of the molecule is CCOc1cc(C=NNC(=O)C(C)NC(=O)c2ccc(OC)cc2)cc(I)c1OCC. The van der Waals surface area contributed by atoms with Crippen molar-refractivity contribution in [1.82, 2.24) is 10.7 Å². The Morgan fingerprint density at radius 1 is 1.13 bits per heavy atom. The van der Waals surface area contributed by atoms with Crippen molar-refractivity contribution in [2.45, 2.75) is 26.8 Å². The van der Waals surface area contributed by atoms with E-state index < -0.39 is 11.9 Å². The largest absolute Gasteiger partial charge is 0.497 e. The van der Waals surface area contributed by atoms with Gasteiger partial charge in [-0.3, -0.25) is 9.59 Å². The Morgan fingerprint density at radius 3 is 2.42 bits per heavy atom. The molecule has 0 radical (unpaired) electrons. The van der Waals surface area contributed by atoms with E-state index in [1.807, 2.05) is 19.9 Å². The third-order valence-electron chi connectivity index (χ3n) is 4.10. The van der Waals surface area contributed by atoms with Crippen LogP contribution in [0.2, 0.25) is 0 Å². The van der Waals surface area contributed by atoms with Crippen molar-refractivity contribution in [2.24, 2.45) is 5.10 Å². The number of carbonyl (C=O) groups is 2. The second-order valence-corrected chi connectivity index (χ2v) is 7.52. The Kier molecular flexibility index (Phi) is 9.57. The number of benzene rings is 2. The summed E-state index contributed by atoms with van der Waals surface area (Å²) in [6, 6.07) is 9.50. The van der Waals surface area contributed by atoms with Gasteiger partial charge >= 0.3 is 0 Å². The fourth-order valence-corrected chi connectivity index (χ4v) is 3.35. The number of ether oxygens (including phenoxy) is 3. The average Bonchev–Trinajstić information content (AvgIpc) is 2.76. The fourth-order valence-electron chi connectivity index (χ4n) is 2.56. The van der Waals surface area contributed by atoms with E-state index in [2.05, 4.69) is 38.4 Å². The Balaban J connectivity index is 1.98. The van der Waals surface area contributed by atoms with Crippen LogP contribution in [-0.2, 0) is 4.79 Å². The molecule has 0 aromatic heterocycles. The van der Waals surface area contributed by atoms with Crippen molar-refractivity contribution >= 4 is 40.6 Å². The van der Waals surface area contributed by atoms with E-state index >= 15 is 0 Å². The summed E-state index contributed by atoms with van der Waals surface area (Å²) in [5.41, 5.74) is 3.61.